The Morgan fingerprint density at radius 2 is 1.71 bits per heavy atom. The first-order valence-electron chi connectivity index (χ1n) is 6.41. The van der Waals surface area contributed by atoms with E-state index in [1.54, 1.807) is 6.20 Å². The zero-order valence-corrected chi connectivity index (χ0v) is 13.3. The second kappa shape index (κ2) is 6.33. The van der Waals surface area contributed by atoms with Gasteiger partial charge in [0.1, 0.15) is 11.0 Å². The summed E-state index contributed by atoms with van der Waals surface area (Å²) >= 11 is 9.68. The third-order valence-electron chi connectivity index (χ3n) is 2.97. The molecule has 3 nitrogen and oxygen atoms in total. The molecule has 2 aromatic heterocycles. The van der Waals surface area contributed by atoms with Crippen molar-refractivity contribution in [3.63, 3.8) is 0 Å². The molecule has 0 amide bonds. The molecule has 0 N–H and O–H groups in total. The number of aromatic nitrogens is 3. The number of benzene rings is 1. The van der Waals surface area contributed by atoms with Crippen LogP contribution in [0.15, 0.2) is 59.2 Å². The SMILES string of the molecule is Clc1nc(Cc2ccccn2)nc(-c2ccccc2)c1Br. The Balaban J connectivity index is 2.02. The number of hydrogen-bond acceptors (Lipinski definition) is 3. The maximum atomic E-state index is 6.22. The van der Waals surface area contributed by atoms with E-state index in [0.29, 0.717) is 21.9 Å². The minimum absolute atomic E-state index is 0.412. The largest absolute Gasteiger partial charge is 0.261 e. The standard InChI is InChI=1S/C16H11BrClN3/c17-14-15(11-6-2-1-3-7-11)20-13(21-16(14)18)10-12-8-4-5-9-19-12/h1-9H,10H2. The summed E-state index contributed by atoms with van der Waals surface area (Å²) in [7, 11) is 0. The van der Waals surface area contributed by atoms with Gasteiger partial charge in [-0.1, -0.05) is 48.0 Å². The van der Waals surface area contributed by atoms with Crippen LogP contribution in [-0.4, -0.2) is 15.0 Å². The van der Waals surface area contributed by atoms with Crippen LogP contribution < -0.4 is 0 Å². The van der Waals surface area contributed by atoms with Gasteiger partial charge in [0.2, 0.25) is 0 Å². The van der Waals surface area contributed by atoms with Crippen molar-refractivity contribution in [2.24, 2.45) is 0 Å². The van der Waals surface area contributed by atoms with Gasteiger partial charge in [0.25, 0.3) is 0 Å². The number of pyridine rings is 1. The topological polar surface area (TPSA) is 38.7 Å². The van der Waals surface area contributed by atoms with Crippen LogP contribution in [0.5, 0.6) is 0 Å². The second-order valence-electron chi connectivity index (χ2n) is 4.46. The van der Waals surface area contributed by atoms with Crippen molar-refractivity contribution in [1.29, 1.82) is 0 Å². The molecule has 0 spiro atoms. The molecular formula is C16H11BrClN3. The van der Waals surface area contributed by atoms with Gasteiger partial charge in [-0.15, -0.1) is 0 Å². The predicted molar refractivity (Wildman–Crippen MR) is 87.2 cm³/mol. The third-order valence-corrected chi connectivity index (χ3v) is 4.22. The third kappa shape index (κ3) is 3.28. The lowest BCUT2D eigenvalue weighted by atomic mass is 10.1. The van der Waals surface area contributed by atoms with E-state index in [9.17, 15) is 0 Å². The van der Waals surface area contributed by atoms with E-state index < -0.39 is 0 Å². The fourth-order valence-corrected chi connectivity index (χ4v) is 2.59. The first-order valence-corrected chi connectivity index (χ1v) is 7.58. The fraction of sp³-hybridized carbons (Fsp3) is 0.0625. The highest BCUT2D eigenvalue weighted by Crippen LogP contribution is 2.31. The van der Waals surface area contributed by atoms with Crippen LogP contribution in [0.4, 0.5) is 0 Å². The fourth-order valence-electron chi connectivity index (χ4n) is 1.99. The quantitative estimate of drug-likeness (QED) is 0.643. The van der Waals surface area contributed by atoms with Crippen molar-refractivity contribution < 1.29 is 0 Å². The zero-order chi connectivity index (χ0) is 14.7. The minimum atomic E-state index is 0.412. The Kier molecular flexibility index (Phi) is 4.27. The first-order chi connectivity index (χ1) is 10.2. The van der Waals surface area contributed by atoms with Crippen LogP contribution in [0.1, 0.15) is 11.5 Å². The molecule has 0 unspecified atom stereocenters. The van der Waals surface area contributed by atoms with E-state index in [1.165, 1.54) is 0 Å². The van der Waals surface area contributed by atoms with Crippen molar-refractivity contribution in [3.05, 3.63) is 75.9 Å². The Morgan fingerprint density at radius 3 is 2.43 bits per heavy atom. The Hall–Kier alpha value is -1.78. The van der Waals surface area contributed by atoms with Crippen molar-refractivity contribution in [1.82, 2.24) is 15.0 Å². The number of halogens is 2. The van der Waals surface area contributed by atoms with Gasteiger partial charge in [-0.2, -0.15) is 0 Å². The highest BCUT2D eigenvalue weighted by atomic mass is 79.9. The van der Waals surface area contributed by atoms with Gasteiger partial charge < -0.3 is 0 Å². The molecule has 0 saturated heterocycles. The molecule has 3 rings (SSSR count). The summed E-state index contributed by atoms with van der Waals surface area (Å²) in [5, 5.41) is 0.412. The summed E-state index contributed by atoms with van der Waals surface area (Å²) in [4.78, 5) is 13.2. The summed E-state index contributed by atoms with van der Waals surface area (Å²) in [5.74, 6) is 0.653. The average Bonchev–Trinajstić information content (AvgIpc) is 2.52. The first kappa shape index (κ1) is 14.2. The summed E-state index contributed by atoms with van der Waals surface area (Å²) in [6, 6.07) is 15.7. The number of hydrogen-bond donors (Lipinski definition) is 0. The molecular weight excluding hydrogens is 350 g/mol. The highest BCUT2D eigenvalue weighted by Gasteiger charge is 2.13. The molecule has 1 aromatic carbocycles. The summed E-state index contributed by atoms with van der Waals surface area (Å²) in [5.41, 5.74) is 2.70. The summed E-state index contributed by atoms with van der Waals surface area (Å²) in [6.45, 7) is 0. The molecule has 104 valence electrons. The van der Waals surface area contributed by atoms with E-state index >= 15 is 0 Å². The number of rotatable bonds is 3. The monoisotopic (exact) mass is 359 g/mol. The molecule has 5 heteroatoms. The van der Waals surface area contributed by atoms with Gasteiger partial charge in [0.05, 0.1) is 16.6 Å². The molecule has 0 saturated carbocycles. The van der Waals surface area contributed by atoms with Crippen LogP contribution in [-0.2, 0) is 6.42 Å². The maximum absolute atomic E-state index is 6.22. The molecule has 0 bridgehead atoms. The Labute approximate surface area is 136 Å². The summed E-state index contributed by atoms with van der Waals surface area (Å²) < 4.78 is 0.708. The van der Waals surface area contributed by atoms with Gasteiger partial charge in [0, 0.05) is 17.5 Å². The average molecular weight is 361 g/mol. The summed E-state index contributed by atoms with van der Waals surface area (Å²) in [6.07, 6.45) is 2.31. The smallest absolute Gasteiger partial charge is 0.147 e. The Bertz CT molecular complexity index is 748. The molecule has 0 aliphatic rings. The van der Waals surface area contributed by atoms with E-state index in [-0.39, 0.29) is 0 Å². The van der Waals surface area contributed by atoms with Crippen molar-refractivity contribution >= 4 is 27.5 Å². The van der Waals surface area contributed by atoms with E-state index in [1.807, 2.05) is 48.5 Å². The maximum Gasteiger partial charge on any atom is 0.147 e. The van der Waals surface area contributed by atoms with Crippen molar-refractivity contribution in [2.45, 2.75) is 6.42 Å². The lowest BCUT2D eigenvalue weighted by Crippen LogP contribution is -2.01. The zero-order valence-electron chi connectivity index (χ0n) is 11.0. The minimum Gasteiger partial charge on any atom is -0.261 e. The lowest BCUT2D eigenvalue weighted by molar-refractivity contribution is 0.935. The van der Waals surface area contributed by atoms with Crippen LogP contribution in [0.25, 0.3) is 11.3 Å². The lowest BCUT2D eigenvalue weighted by Gasteiger charge is -2.08. The van der Waals surface area contributed by atoms with Gasteiger partial charge in [0.15, 0.2) is 0 Å². The highest BCUT2D eigenvalue weighted by molar-refractivity contribution is 9.10. The van der Waals surface area contributed by atoms with Gasteiger partial charge >= 0.3 is 0 Å². The molecule has 21 heavy (non-hydrogen) atoms. The molecule has 0 atom stereocenters. The van der Waals surface area contributed by atoms with E-state index in [2.05, 4.69) is 30.9 Å². The molecule has 3 aromatic rings. The van der Waals surface area contributed by atoms with Crippen LogP contribution in [0.3, 0.4) is 0 Å². The molecule has 0 radical (unpaired) electrons. The molecule has 0 fully saturated rings. The van der Waals surface area contributed by atoms with Gasteiger partial charge in [-0.05, 0) is 28.1 Å². The molecule has 2 heterocycles. The molecule has 0 aliphatic heterocycles. The van der Waals surface area contributed by atoms with E-state index in [0.717, 1.165) is 17.0 Å². The number of nitrogens with zero attached hydrogens (tertiary/aromatic N) is 3. The van der Waals surface area contributed by atoms with Crippen molar-refractivity contribution in [3.8, 4) is 11.3 Å². The van der Waals surface area contributed by atoms with Crippen LogP contribution >= 0.6 is 27.5 Å². The molecule has 0 aliphatic carbocycles. The van der Waals surface area contributed by atoms with Gasteiger partial charge in [-0.3, -0.25) is 4.98 Å². The second-order valence-corrected chi connectivity index (χ2v) is 5.61. The van der Waals surface area contributed by atoms with Crippen LogP contribution in [0.2, 0.25) is 5.15 Å². The van der Waals surface area contributed by atoms with Crippen LogP contribution in [0, 0.1) is 0 Å². The normalized spacial score (nSPS) is 10.6. The van der Waals surface area contributed by atoms with Gasteiger partial charge in [-0.25, -0.2) is 9.97 Å². The Morgan fingerprint density at radius 1 is 0.952 bits per heavy atom. The van der Waals surface area contributed by atoms with E-state index in [4.69, 9.17) is 11.6 Å². The van der Waals surface area contributed by atoms with Crippen molar-refractivity contribution in [2.75, 3.05) is 0 Å². The predicted octanol–water partition coefficient (Wildman–Crippen LogP) is 4.55.